The van der Waals surface area contributed by atoms with Crippen LogP contribution in [0.25, 0.3) is 22.5 Å². The molecule has 0 unspecified atom stereocenters. The first-order valence-corrected chi connectivity index (χ1v) is 19.0. The van der Waals surface area contributed by atoms with Gasteiger partial charge in [0.05, 0.1) is 11.4 Å². The fourth-order valence-electron chi connectivity index (χ4n) is 4.99. The van der Waals surface area contributed by atoms with Crippen LogP contribution in [0.2, 0.25) is 0 Å². The van der Waals surface area contributed by atoms with E-state index in [0.717, 1.165) is 35.4 Å². The lowest BCUT2D eigenvalue weighted by atomic mass is 9.79. The molecular weight excluding hydrogens is 662 g/mol. The summed E-state index contributed by atoms with van der Waals surface area (Å²) in [7, 11) is 0. The maximum Gasteiger partial charge on any atom is 0.106 e. The average Bonchev–Trinajstić information content (AvgIpc) is 3.02. The summed E-state index contributed by atoms with van der Waals surface area (Å²) in [6.07, 6.45) is 4.57. The summed E-state index contributed by atoms with van der Waals surface area (Å²) >= 11 is 3.46. The topological polar surface area (TPSA) is 51.8 Å². The molecule has 2 aromatic heterocycles. The second-order valence-electron chi connectivity index (χ2n) is 17.4. The van der Waals surface area contributed by atoms with E-state index in [2.05, 4.69) is 179 Å². The zero-order valence-electron chi connectivity index (χ0n) is 33.3. The summed E-state index contributed by atoms with van der Waals surface area (Å²) in [5.41, 5.74) is 16.8. The van der Waals surface area contributed by atoms with Gasteiger partial charge in [0, 0.05) is 16.8 Å². The van der Waals surface area contributed by atoms with Crippen LogP contribution in [-0.4, -0.2) is 16.5 Å². The van der Waals surface area contributed by atoms with Crippen molar-refractivity contribution >= 4 is 15.9 Å². The molecule has 0 radical (unpaired) electrons. The van der Waals surface area contributed by atoms with E-state index in [-0.39, 0.29) is 21.7 Å². The first-order valence-electron chi connectivity index (χ1n) is 18.2. The third kappa shape index (κ3) is 13.8. The molecule has 0 bridgehead atoms. The number of pyridine rings is 2. The van der Waals surface area contributed by atoms with Crippen LogP contribution < -0.4 is 5.73 Å². The van der Waals surface area contributed by atoms with Gasteiger partial charge in [0.2, 0.25) is 0 Å². The number of hydrogen-bond acceptors (Lipinski definition) is 3. The third-order valence-corrected chi connectivity index (χ3v) is 8.96. The van der Waals surface area contributed by atoms with Gasteiger partial charge in [0.1, 0.15) is 4.60 Å². The summed E-state index contributed by atoms with van der Waals surface area (Å²) in [5, 5.41) is 0. The van der Waals surface area contributed by atoms with E-state index in [1.807, 2.05) is 12.1 Å². The van der Waals surface area contributed by atoms with Crippen molar-refractivity contribution in [2.45, 2.75) is 144 Å². The summed E-state index contributed by atoms with van der Waals surface area (Å²) in [6, 6.07) is 26.4. The first-order chi connectivity index (χ1) is 22.6. The minimum absolute atomic E-state index is 0.127. The molecule has 4 rings (SSSR count). The largest absolute Gasteiger partial charge is 0.330 e. The summed E-state index contributed by atoms with van der Waals surface area (Å²) < 4.78 is 0.874. The second-order valence-corrected chi connectivity index (χ2v) is 18.2. The van der Waals surface area contributed by atoms with E-state index in [9.17, 15) is 0 Å². The molecule has 0 amide bonds. The van der Waals surface area contributed by atoms with Crippen LogP contribution in [0.4, 0.5) is 0 Å². The highest BCUT2D eigenvalue weighted by Gasteiger charge is 2.22. The highest BCUT2D eigenvalue weighted by atomic mass is 79.9. The molecule has 2 aromatic carbocycles. The Bertz CT molecular complexity index is 1540. The van der Waals surface area contributed by atoms with Gasteiger partial charge in [-0.2, -0.15) is 0 Å². The zero-order chi connectivity index (χ0) is 37.2. The first kappa shape index (κ1) is 42.3. The smallest absolute Gasteiger partial charge is 0.106 e. The van der Waals surface area contributed by atoms with Crippen molar-refractivity contribution in [1.82, 2.24) is 9.97 Å². The molecule has 49 heavy (non-hydrogen) atoms. The Morgan fingerprint density at radius 3 is 1.22 bits per heavy atom. The lowest BCUT2D eigenvalue weighted by molar-refractivity contribution is 0.568. The van der Waals surface area contributed by atoms with E-state index >= 15 is 0 Å². The minimum atomic E-state index is 0.127. The summed E-state index contributed by atoms with van der Waals surface area (Å²) in [4.78, 5) is 9.53. The third-order valence-electron chi connectivity index (χ3n) is 8.52. The fraction of sp³-hybridized carbons (Fsp3) is 0.511. The van der Waals surface area contributed by atoms with Gasteiger partial charge in [-0.15, -0.1) is 0 Å². The number of benzene rings is 2. The standard InChI is InChI=1S/C23H33N.C19H24BrN.C3H9N/c1-8-9-11-20-12-10-13-21(24-20)17-14-18(22(2,3)4)16-19(15-17)23(5,6)7;1-18(2,3)14-10-13(11-15(12-14)19(4,5)6)16-8-7-9-17(20)21-16;1-2-3-4/h10,12-16H,8-9,11H2,1-7H3;7-12H,1-6H3;2-4H2,1H3. The van der Waals surface area contributed by atoms with Crippen LogP contribution >= 0.6 is 15.9 Å². The van der Waals surface area contributed by atoms with Crippen molar-refractivity contribution in [3.63, 3.8) is 0 Å². The Kier molecular flexibility index (Phi) is 15.5. The monoisotopic (exact) mass is 727 g/mol. The number of nitrogens with zero attached hydrogens (tertiary/aromatic N) is 2. The van der Waals surface area contributed by atoms with E-state index in [1.165, 1.54) is 51.9 Å². The molecule has 0 saturated heterocycles. The average molecular weight is 729 g/mol. The molecular formula is C45H66BrN3. The lowest BCUT2D eigenvalue weighted by Crippen LogP contribution is -2.16. The normalized spacial score (nSPS) is 12.1. The molecule has 3 nitrogen and oxygen atoms in total. The number of aryl methyl sites for hydroxylation is 1. The van der Waals surface area contributed by atoms with Crippen LogP contribution in [0.1, 0.15) is 144 Å². The molecule has 0 fully saturated rings. The number of nitrogens with two attached hydrogens (primary N) is 1. The van der Waals surface area contributed by atoms with Gasteiger partial charge in [-0.05, 0) is 134 Å². The molecule has 0 aliphatic carbocycles. The van der Waals surface area contributed by atoms with Crippen LogP contribution in [0.5, 0.6) is 0 Å². The second kappa shape index (κ2) is 17.9. The molecule has 2 N–H and O–H groups in total. The van der Waals surface area contributed by atoms with Gasteiger partial charge >= 0.3 is 0 Å². The van der Waals surface area contributed by atoms with Gasteiger partial charge in [0.25, 0.3) is 0 Å². The van der Waals surface area contributed by atoms with E-state index in [1.54, 1.807) is 0 Å². The maximum atomic E-state index is 5.03. The highest BCUT2D eigenvalue weighted by molar-refractivity contribution is 9.10. The van der Waals surface area contributed by atoms with Gasteiger partial charge in [0.15, 0.2) is 0 Å². The number of rotatable bonds is 6. The van der Waals surface area contributed by atoms with Gasteiger partial charge in [-0.1, -0.05) is 128 Å². The SMILES string of the molecule is CC(C)(C)c1cc(-c2cccc(Br)n2)cc(C(C)(C)C)c1.CCCCc1cccc(-c2cc(C(C)(C)C)cc(C(C)(C)C)c2)n1.CCCN. The predicted molar refractivity (Wildman–Crippen MR) is 220 cm³/mol. The van der Waals surface area contributed by atoms with Crippen molar-refractivity contribution in [2.75, 3.05) is 6.54 Å². The molecule has 0 atom stereocenters. The lowest BCUT2D eigenvalue weighted by Gasteiger charge is -2.26. The Hall–Kier alpha value is -2.82. The van der Waals surface area contributed by atoms with Gasteiger partial charge in [-0.25, -0.2) is 4.98 Å². The van der Waals surface area contributed by atoms with Crippen LogP contribution in [0, 0.1) is 0 Å². The van der Waals surface area contributed by atoms with E-state index < -0.39 is 0 Å². The highest BCUT2D eigenvalue weighted by Crippen LogP contribution is 2.35. The Morgan fingerprint density at radius 1 is 0.531 bits per heavy atom. The summed E-state index contributed by atoms with van der Waals surface area (Å²) in [5.74, 6) is 0. The molecule has 268 valence electrons. The molecule has 4 heteroatoms. The van der Waals surface area contributed by atoms with E-state index in [0.29, 0.717) is 0 Å². The predicted octanol–water partition coefficient (Wildman–Crippen LogP) is 13.1. The summed E-state index contributed by atoms with van der Waals surface area (Å²) in [6.45, 7) is 32.3. The van der Waals surface area contributed by atoms with Crippen molar-refractivity contribution in [2.24, 2.45) is 5.73 Å². The van der Waals surface area contributed by atoms with Gasteiger partial charge in [-0.3, -0.25) is 4.98 Å². The number of unbranched alkanes of at least 4 members (excludes halogenated alkanes) is 1. The number of hydrogen-bond donors (Lipinski definition) is 1. The van der Waals surface area contributed by atoms with Crippen LogP contribution in [0.3, 0.4) is 0 Å². The fourth-order valence-corrected chi connectivity index (χ4v) is 5.33. The van der Waals surface area contributed by atoms with Crippen LogP contribution in [-0.2, 0) is 28.1 Å². The van der Waals surface area contributed by atoms with Crippen molar-refractivity contribution in [3.05, 3.63) is 105 Å². The van der Waals surface area contributed by atoms with Crippen molar-refractivity contribution in [1.29, 1.82) is 0 Å². The van der Waals surface area contributed by atoms with Crippen LogP contribution in [0.15, 0.2) is 77.4 Å². The zero-order valence-corrected chi connectivity index (χ0v) is 34.9. The number of halogens is 1. The molecule has 0 spiro atoms. The minimum Gasteiger partial charge on any atom is -0.330 e. The maximum absolute atomic E-state index is 5.03. The van der Waals surface area contributed by atoms with Crippen molar-refractivity contribution < 1.29 is 0 Å². The van der Waals surface area contributed by atoms with Crippen molar-refractivity contribution in [3.8, 4) is 22.5 Å². The molecule has 4 aromatic rings. The Balaban J connectivity index is 0.000000309. The van der Waals surface area contributed by atoms with Gasteiger partial charge < -0.3 is 5.73 Å². The molecule has 0 aliphatic heterocycles. The quantitative estimate of drug-likeness (QED) is 0.201. The molecule has 2 heterocycles. The Morgan fingerprint density at radius 2 is 0.898 bits per heavy atom. The molecule has 0 aliphatic rings. The Labute approximate surface area is 309 Å². The molecule has 0 saturated carbocycles. The van der Waals surface area contributed by atoms with E-state index in [4.69, 9.17) is 10.7 Å². The number of aromatic nitrogens is 2.